The van der Waals surface area contributed by atoms with E-state index in [2.05, 4.69) is 4.98 Å². The lowest BCUT2D eigenvalue weighted by Crippen LogP contribution is -1.85. The second kappa shape index (κ2) is 5.76. The molecule has 0 radical (unpaired) electrons. The predicted molar refractivity (Wildman–Crippen MR) is 91.0 cm³/mol. The molecule has 0 aliphatic carbocycles. The number of hydrogen-bond donors (Lipinski definition) is 1. The normalized spacial score (nSPS) is 11.3. The number of nitrogen functional groups attached to an aromatic ring is 1. The van der Waals surface area contributed by atoms with Crippen molar-refractivity contribution in [1.82, 2.24) is 4.98 Å². The Kier molecular flexibility index (Phi) is 3.82. The fraction of sp³-hybridized carbons (Fsp3) is 0.0625. The highest BCUT2D eigenvalue weighted by atomic mass is 35.5. The lowest BCUT2D eigenvalue weighted by atomic mass is 10.2. The molecule has 3 nitrogen and oxygen atoms in total. The monoisotopic (exact) mass is 316 g/mol. The zero-order valence-corrected chi connectivity index (χ0v) is 12.9. The van der Waals surface area contributed by atoms with E-state index in [9.17, 15) is 0 Å². The summed E-state index contributed by atoms with van der Waals surface area (Å²) in [5.74, 6) is 0.834. The Hall–Kier alpha value is -2.04. The number of fused-ring (bicyclic) bond motifs is 1. The molecule has 0 bridgehead atoms. The van der Waals surface area contributed by atoms with Gasteiger partial charge in [-0.2, -0.15) is 0 Å². The number of ether oxygens (including phenoxy) is 1. The lowest BCUT2D eigenvalue weighted by Gasteiger charge is -1.99. The number of rotatable bonds is 3. The molecule has 2 aromatic carbocycles. The van der Waals surface area contributed by atoms with Crippen molar-refractivity contribution in [2.24, 2.45) is 0 Å². The molecule has 106 valence electrons. The zero-order chi connectivity index (χ0) is 14.8. The largest absolute Gasteiger partial charge is 0.497 e. The van der Waals surface area contributed by atoms with Gasteiger partial charge in [0.2, 0.25) is 0 Å². The second-order valence-electron chi connectivity index (χ2n) is 4.50. The van der Waals surface area contributed by atoms with Gasteiger partial charge >= 0.3 is 0 Å². The maximum absolute atomic E-state index is 6.14. The molecule has 0 amide bonds. The van der Waals surface area contributed by atoms with E-state index in [1.54, 1.807) is 30.6 Å². The molecule has 2 N–H and O–H groups in total. The number of nitrogens with zero attached hydrogens (tertiary/aromatic N) is 1. The van der Waals surface area contributed by atoms with E-state index < -0.39 is 0 Å². The van der Waals surface area contributed by atoms with Crippen molar-refractivity contribution >= 4 is 51.0 Å². The molecule has 0 aliphatic rings. The Morgan fingerprint density at radius 1 is 1.19 bits per heavy atom. The van der Waals surface area contributed by atoms with E-state index in [4.69, 9.17) is 22.1 Å². The number of nitrogens with two attached hydrogens (primary N) is 1. The topological polar surface area (TPSA) is 48.1 Å². The third-order valence-corrected chi connectivity index (χ3v) is 4.37. The van der Waals surface area contributed by atoms with Gasteiger partial charge in [0.05, 0.1) is 17.3 Å². The number of halogens is 1. The van der Waals surface area contributed by atoms with E-state index in [0.29, 0.717) is 10.7 Å². The summed E-state index contributed by atoms with van der Waals surface area (Å²) in [6.07, 6.45) is 3.87. The molecule has 0 unspecified atom stereocenters. The van der Waals surface area contributed by atoms with Crippen LogP contribution >= 0.6 is 22.9 Å². The molecule has 0 saturated heterocycles. The fourth-order valence-electron chi connectivity index (χ4n) is 1.97. The SMILES string of the molecule is COc1ccc2nc(/C=C/c3cc(N)ccc3Cl)sc2c1. The highest BCUT2D eigenvalue weighted by molar-refractivity contribution is 7.19. The van der Waals surface area contributed by atoms with E-state index >= 15 is 0 Å². The van der Waals surface area contributed by atoms with Crippen molar-refractivity contribution in [3.05, 3.63) is 52.0 Å². The molecular weight excluding hydrogens is 304 g/mol. The first-order valence-corrected chi connectivity index (χ1v) is 7.53. The minimum Gasteiger partial charge on any atom is -0.497 e. The number of thiazole rings is 1. The molecule has 0 spiro atoms. The van der Waals surface area contributed by atoms with Crippen molar-refractivity contribution in [3.63, 3.8) is 0 Å². The van der Waals surface area contributed by atoms with Gasteiger partial charge in [-0.05, 0) is 48.0 Å². The van der Waals surface area contributed by atoms with Gasteiger partial charge in [0, 0.05) is 10.7 Å². The van der Waals surface area contributed by atoms with Crippen LogP contribution in [-0.2, 0) is 0 Å². The first-order chi connectivity index (χ1) is 10.2. The Morgan fingerprint density at radius 3 is 2.86 bits per heavy atom. The van der Waals surface area contributed by atoms with E-state index in [1.807, 2.05) is 36.4 Å². The fourth-order valence-corrected chi connectivity index (χ4v) is 3.05. The van der Waals surface area contributed by atoms with Gasteiger partial charge in [-0.15, -0.1) is 11.3 Å². The maximum Gasteiger partial charge on any atom is 0.120 e. The minimum atomic E-state index is 0.670. The minimum absolute atomic E-state index is 0.670. The van der Waals surface area contributed by atoms with Crippen LogP contribution in [0.5, 0.6) is 5.75 Å². The van der Waals surface area contributed by atoms with E-state index in [1.165, 1.54) is 0 Å². The van der Waals surface area contributed by atoms with Crippen molar-refractivity contribution in [2.75, 3.05) is 12.8 Å². The average molecular weight is 317 g/mol. The van der Waals surface area contributed by atoms with Crippen LogP contribution in [0.1, 0.15) is 10.6 Å². The molecule has 0 saturated carbocycles. The summed E-state index contributed by atoms with van der Waals surface area (Å²) >= 11 is 7.74. The van der Waals surface area contributed by atoms with Crippen LogP contribution in [0.25, 0.3) is 22.4 Å². The van der Waals surface area contributed by atoms with Gasteiger partial charge in [-0.1, -0.05) is 17.7 Å². The molecule has 0 aliphatic heterocycles. The molecule has 1 heterocycles. The molecule has 1 aromatic heterocycles. The number of aromatic nitrogens is 1. The van der Waals surface area contributed by atoms with Crippen LogP contribution in [0.15, 0.2) is 36.4 Å². The Balaban J connectivity index is 1.94. The maximum atomic E-state index is 6.14. The third kappa shape index (κ3) is 3.01. The van der Waals surface area contributed by atoms with Crippen molar-refractivity contribution in [2.45, 2.75) is 0 Å². The standard InChI is InChI=1S/C16H13ClN2OS/c1-20-12-4-6-14-15(9-12)21-16(19-14)7-2-10-8-11(18)3-5-13(10)17/h2-9H,18H2,1H3/b7-2+. The van der Waals surface area contributed by atoms with Crippen LogP contribution in [-0.4, -0.2) is 12.1 Å². The summed E-state index contributed by atoms with van der Waals surface area (Å²) in [4.78, 5) is 4.56. The summed E-state index contributed by atoms with van der Waals surface area (Å²) in [5, 5.41) is 1.58. The van der Waals surface area contributed by atoms with Gasteiger partial charge in [-0.3, -0.25) is 0 Å². The van der Waals surface area contributed by atoms with Crippen molar-refractivity contribution in [1.29, 1.82) is 0 Å². The molecular formula is C16H13ClN2OS. The van der Waals surface area contributed by atoms with Crippen LogP contribution in [0.4, 0.5) is 5.69 Å². The Morgan fingerprint density at radius 2 is 2.05 bits per heavy atom. The quantitative estimate of drug-likeness (QED) is 0.712. The van der Waals surface area contributed by atoms with E-state index in [0.717, 1.165) is 26.5 Å². The van der Waals surface area contributed by atoms with E-state index in [-0.39, 0.29) is 0 Å². The summed E-state index contributed by atoms with van der Waals surface area (Å²) in [5.41, 5.74) is 8.30. The summed E-state index contributed by atoms with van der Waals surface area (Å²) in [6, 6.07) is 11.3. The molecule has 21 heavy (non-hydrogen) atoms. The van der Waals surface area contributed by atoms with Gasteiger partial charge in [-0.25, -0.2) is 4.98 Å². The lowest BCUT2D eigenvalue weighted by molar-refractivity contribution is 0.415. The summed E-state index contributed by atoms with van der Waals surface area (Å²) < 4.78 is 6.31. The van der Waals surface area contributed by atoms with Crippen LogP contribution in [0, 0.1) is 0 Å². The first-order valence-electron chi connectivity index (χ1n) is 6.33. The molecule has 0 fully saturated rings. The summed E-state index contributed by atoms with van der Waals surface area (Å²) in [6.45, 7) is 0. The predicted octanol–water partition coefficient (Wildman–Crippen LogP) is 4.71. The highest BCUT2D eigenvalue weighted by Gasteiger charge is 2.03. The highest BCUT2D eigenvalue weighted by Crippen LogP contribution is 2.28. The third-order valence-electron chi connectivity index (χ3n) is 3.04. The Bertz CT molecular complexity index is 826. The van der Waals surface area contributed by atoms with Crippen LogP contribution in [0.3, 0.4) is 0 Å². The van der Waals surface area contributed by atoms with Gasteiger partial charge in [0.25, 0.3) is 0 Å². The van der Waals surface area contributed by atoms with Crippen LogP contribution < -0.4 is 10.5 Å². The van der Waals surface area contributed by atoms with Gasteiger partial charge < -0.3 is 10.5 Å². The van der Waals surface area contributed by atoms with Crippen molar-refractivity contribution in [3.8, 4) is 5.75 Å². The molecule has 0 atom stereocenters. The Labute approximate surface area is 131 Å². The van der Waals surface area contributed by atoms with Crippen LogP contribution in [0.2, 0.25) is 5.02 Å². The molecule has 5 heteroatoms. The second-order valence-corrected chi connectivity index (χ2v) is 5.97. The summed E-state index contributed by atoms with van der Waals surface area (Å²) in [7, 11) is 1.66. The number of hydrogen-bond acceptors (Lipinski definition) is 4. The number of anilines is 1. The van der Waals surface area contributed by atoms with Gasteiger partial charge in [0.15, 0.2) is 0 Å². The number of methoxy groups -OCH3 is 1. The van der Waals surface area contributed by atoms with Crippen molar-refractivity contribution < 1.29 is 4.74 Å². The average Bonchev–Trinajstić information content (AvgIpc) is 2.89. The molecule has 3 aromatic rings. The van der Waals surface area contributed by atoms with Gasteiger partial charge in [0.1, 0.15) is 10.8 Å². The number of benzene rings is 2. The molecule has 3 rings (SSSR count). The smallest absolute Gasteiger partial charge is 0.120 e. The first kappa shape index (κ1) is 13.9. The zero-order valence-electron chi connectivity index (χ0n) is 11.3.